The number of halogens is 3. The Morgan fingerprint density at radius 2 is 1.86 bits per heavy atom. The molecule has 146 valence electrons. The summed E-state index contributed by atoms with van der Waals surface area (Å²) in [7, 11) is 0. The highest BCUT2D eigenvalue weighted by molar-refractivity contribution is 7.22. The fourth-order valence-corrected chi connectivity index (χ4v) is 4.15. The number of nitro groups is 1. The highest BCUT2D eigenvalue weighted by atomic mass is 35.5. The minimum atomic E-state index is -0.491. The molecule has 0 atom stereocenters. The summed E-state index contributed by atoms with van der Waals surface area (Å²) in [4.78, 5) is 26.8. The molecular weight excluding hydrogens is 449 g/mol. The molecule has 0 saturated heterocycles. The number of nitrogens with zero attached hydrogens (tertiary/aromatic N) is 2. The number of ether oxygens (including phenoxy) is 1. The Morgan fingerprint density at radius 1 is 1.21 bits per heavy atom. The van der Waals surface area contributed by atoms with E-state index in [1.54, 1.807) is 13.8 Å². The highest BCUT2D eigenvalue weighted by Gasteiger charge is 2.19. The van der Waals surface area contributed by atoms with Crippen LogP contribution >= 0.6 is 46.1 Å². The molecule has 0 spiro atoms. The van der Waals surface area contributed by atoms with E-state index < -0.39 is 10.8 Å². The number of carbonyl (C=O) groups excluding carboxylic acids is 1. The third-order valence-electron chi connectivity index (χ3n) is 3.89. The number of carbonyl (C=O) groups is 1. The van der Waals surface area contributed by atoms with Crippen LogP contribution in [0.3, 0.4) is 0 Å². The normalized spacial score (nSPS) is 10.9. The van der Waals surface area contributed by atoms with Crippen LogP contribution in [0.2, 0.25) is 15.1 Å². The van der Waals surface area contributed by atoms with Gasteiger partial charge in [0.25, 0.3) is 11.6 Å². The topological polar surface area (TPSA) is 94.4 Å². The van der Waals surface area contributed by atoms with Gasteiger partial charge in [-0.05, 0) is 31.0 Å². The van der Waals surface area contributed by atoms with Crippen LogP contribution in [-0.2, 0) is 4.79 Å². The molecule has 3 aromatic rings. The summed E-state index contributed by atoms with van der Waals surface area (Å²) in [6, 6.07) is 4.28. The maximum Gasteiger partial charge on any atom is 0.270 e. The summed E-state index contributed by atoms with van der Waals surface area (Å²) in [5.74, 6) is -0.302. The van der Waals surface area contributed by atoms with Crippen LogP contribution in [0.1, 0.15) is 11.1 Å². The van der Waals surface area contributed by atoms with E-state index in [2.05, 4.69) is 10.3 Å². The molecule has 0 radical (unpaired) electrons. The lowest BCUT2D eigenvalue weighted by Gasteiger charge is -2.15. The molecule has 28 heavy (non-hydrogen) atoms. The van der Waals surface area contributed by atoms with Gasteiger partial charge in [-0.25, -0.2) is 4.98 Å². The van der Waals surface area contributed by atoms with Crippen molar-refractivity contribution in [2.45, 2.75) is 13.8 Å². The first kappa shape index (κ1) is 20.6. The zero-order valence-corrected chi connectivity index (χ0v) is 17.6. The molecule has 0 aliphatic heterocycles. The van der Waals surface area contributed by atoms with Crippen LogP contribution < -0.4 is 10.1 Å². The minimum absolute atomic E-state index is 0.0462. The Morgan fingerprint density at radius 3 is 2.46 bits per heavy atom. The van der Waals surface area contributed by atoms with Crippen LogP contribution in [0.4, 0.5) is 10.8 Å². The van der Waals surface area contributed by atoms with Gasteiger partial charge in [-0.1, -0.05) is 46.1 Å². The summed E-state index contributed by atoms with van der Waals surface area (Å²) in [5, 5.41) is 14.6. The molecule has 0 bridgehead atoms. The fourth-order valence-electron chi connectivity index (χ4n) is 2.41. The number of amides is 1. The van der Waals surface area contributed by atoms with E-state index >= 15 is 0 Å². The average molecular weight is 461 g/mol. The van der Waals surface area contributed by atoms with Crippen molar-refractivity contribution < 1.29 is 14.5 Å². The molecule has 0 saturated carbocycles. The monoisotopic (exact) mass is 459 g/mol. The summed E-state index contributed by atoms with van der Waals surface area (Å²) >= 11 is 19.7. The largest absolute Gasteiger partial charge is 0.481 e. The van der Waals surface area contributed by atoms with Gasteiger partial charge in [0.05, 0.1) is 25.2 Å². The number of hydrogen-bond donors (Lipinski definition) is 1. The van der Waals surface area contributed by atoms with Crippen molar-refractivity contribution in [1.29, 1.82) is 0 Å². The van der Waals surface area contributed by atoms with Gasteiger partial charge in [0, 0.05) is 17.2 Å². The molecule has 7 nitrogen and oxygen atoms in total. The summed E-state index contributed by atoms with van der Waals surface area (Å²) < 4.78 is 6.08. The van der Waals surface area contributed by atoms with Crippen LogP contribution in [0.15, 0.2) is 18.2 Å². The minimum Gasteiger partial charge on any atom is -0.481 e. The van der Waals surface area contributed by atoms with Crippen molar-refractivity contribution in [2.75, 3.05) is 11.9 Å². The Hall–Kier alpha value is -2.13. The molecule has 1 aromatic heterocycles. The van der Waals surface area contributed by atoms with Crippen molar-refractivity contribution in [2.24, 2.45) is 0 Å². The number of hydrogen-bond acceptors (Lipinski definition) is 6. The molecule has 0 fully saturated rings. The van der Waals surface area contributed by atoms with E-state index in [4.69, 9.17) is 39.5 Å². The lowest BCUT2D eigenvalue weighted by atomic mass is 10.1. The molecule has 0 aliphatic rings. The maximum atomic E-state index is 12.2. The average Bonchev–Trinajstić information content (AvgIpc) is 3.05. The van der Waals surface area contributed by atoms with E-state index in [0.29, 0.717) is 31.5 Å². The first-order chi connectivity index (χ1) is 13.2. The number of non-ortho nitro benzene ring substituents is 1. The van der Waals surface area contributed by atoms with Gasteiger partial charge in [-0.15, -0.1) is 0 Å². The second-order valence-corrected chi connectivity index (χ2v) is 7.95. The molecule has 3 rings (SSSR count). The third kappa shape index (κ3) is 4.00. The molecule has 1 amide bonds. The molecule has 0 aliphatic carbocycles. The second-order valence-electron chi connectivity index (χ2n) is 5.79. The van der Waals surface area contributed by atoms with Gasteiger partial charge in [-0.2, -0.15) is 0 Å². The maximum absolute atomic E-state index is 12.2. The SMILES string of the molecule is Cc1c(Cl)c(C)c(Cl)c(OCC(=O)Nc2nc3ccc([N+](=O)[O-])cc3s2)c1Cl. The van der Waals surface area contributed by atoms with Gasteiger partial charge >= 0.3 is 0 Å². The Kier molecular flexibility index (Phi) is 5.95. The molecular formula is C17H12Cl3N3O4S. The molecule has 11 heteroatoms. The third-order valence-corrected chi connectivity index (χ3v) is 6.30. The number of fused-ring (bicyclic) bond motifs is 1. The Bertz CT molecular complexity index is 1090. The summed E-state index contributed by atoms with van der Waals surface area (Å²) in [5.41, 5.74) is 1.71. The molecule has 1 N–H and O–H groups in total. The van der Waals surface area contributed by atoms with Crippen molar-refractivity contribution in [3.8, 4) is 5.75 Å². The number of benzene rings is 2. The number of nitrogens with one attached hydrogen (secondary N) is 1. The standard InChI is InChI=1S/C17H12Cl3N3O4S/c1-7-13(18)8(2)15(20)16(14(7)19)27-6-12(24)22-17-21-10-4-3-9(23(25)26)5-11(10)28-17/h3-5H,6H2,1-2H3,(H,21,22,24). The lowest BCUT2D eigenvalue weighted by molar-refractivity contribution is -0.384. The molecule has 2 aromatic carbocycles. The van der Waals surface area contributed by atoms with E-state index in [1.165, 1.54) is 18.2 Å². The summed E-state index contributed by atoms with van der Waals surface area (Å²) in [6.45, 7) is 3.10. The first-order valence-corrected chi connectivity index (χ1v) is 9.75. The summed E-state index contributed by atoms with van der Waals surface area (Å²) in [6.07, 6.45) is 0. The van der Waals surface area contributed by atoms with E-state index in [-0.39, 0.29) is 28.1 Å². The van der Waals surface area contributed by atoms with Gasteiger partial charge in [0.15, 0.2) is 17.5 Å². The number of rotatable bonds is 5. The van der Waals surface area contributed by atoms with E-state index in [9.17, 15) is 14.9 Å². The predicted octanol–water partition coefficient (Wildman–Crippen LogP) is 5.80. The molecule has 1 heterocycles. The van der Waals surface area contributed by atoms with Crippen molar-refractivity contribution >= 4 is 73.1 Å². The first-order valence-electron chi connectivity index (χ1n) is 7.80. The quantitative estimate of drug-likeness (QED) is 0.383. The van der Waals surface area contributed by atoms with Crippen LogP contribution in [0, 0.1) is 24.0 Å². The zero-order valence-electron chi connectivity index (χ0n) is 14.5. The van der Waals surface area contributed by atoms with Crippen LogP contribution in [0.5, 0.6) is 5.75 Å². The van der Waals surface area contributed by atoms with E-state index in [0.717, 1.165) is 11.3 Å². The number of aromatic nitrogens is 1. The van der Waals surface area contributed by atoms with Crippen LogP contribution in [-0.4, -0.2) is 22.4 Å². The van der Waals surface area contributed by atoms with Crippen molar-refractivity contribution in [3.05, 3.63) is 54.5 Å². The van der Waals surface area contributed by atoms with Gasteiger partial charge in [0.1, 0.15) is 0 Å². The molecule has 0 unspecified atom stereocenters. The number of nitro benzene ring substituents is 1. The van der Waals surface area contributed by atoms with Gasteiger partial charge in [0.2, 0.25) is 0 Å². The zero-order chi connectivity index (χ0) is 20.6. The second kappa shape index (κ2) is 8.08. The smallest absolute Gasteiger partial charge is 0.270 e. The lowest BCUT2D eigenvalue weighted by Crippen LogP contribution is -2.20. The Labute approximate surface area is 178 Å². The predicted molar refractivity (Wildman–Crippen MR) is 111 cm³/mol. The number of anilines is 1. The van der Waals surface area contributed by atoms with Crippen LogP contribution in [0.25, 0.3) is 10.2 Å². The Balaban J connectivity index is 1.73. The van der Waals surface area contributed by atoms with Gasteiger partial charge < -0.3 is 4.74 Å². The highest BCUT2D eigenvalue weighted by Crippen LogP contribution is 2.42. The van der Waals surface area contributed by atoms with Crippen molar-refractivity contribution in [3.63, 3.8) is 0 Å². The number of thiazole rings is 1. The van der Waals surface area contributed by atoms with Gasteiger partial charge in [-0.3, -0.25) is 20.2 Å². The van der Waals surface area contributed by atoms with E-state index in [1.807, 2.05) is 0 Å². The fraction of sp³-hybridized carbons (Fsp3) is 0.176. The van der Waals surface area contributed by atoms with Crippen molar-refractivity contribution in [1.82, 2.24) is 4.98 Å².